The Labute approximate surface area is 126 Å². The van der Waals surface area contributed by atoms with Crippen molar-refractivity contribution in [2.45, 2.75) is 32.4 Å². The van der Waals surface area contributed by atoms with Crippen molar-refractivity contribution in [3.63, 3.8) is 0 Å². The zero-order valence-corrected chi connectivity index (χ0v) is 12.8. The van der Waals surface area contributed by atoms with Crippen molar-refractivity contribution in [1.29, 1.82) is 0 Å². The largest absolute Gasteiger partial charge is 0.460 e. The molecule has 0 amide bonds. The van der Waals surface area contributed by atoms with Crippen molar-refractivity contribution in [2.75, 3.05) is 19.6 Å². The van der Waals surface area contributed by atoms with Gasteiger partial charge in [0.15, 0.2) is 0 Å². The second-order valence-electron chi connectivity index (χ2n) is 6.14. The number of nitrogens with one attached hydrogen (secondary N) is 1. The van der Waals surface area contributed by atoms with Crippen molar-refractivity contribution in [3.8, 4) is 0 Å². The first-order valence-corrected chi connectivity index (χ1v) is 7.78. The highest BCUT2D eigenvalue weighted by atomic mass is 16.3. The summed E-state index contributed by atoms with van der Waals surface area (Å²) in [5, 5.41) is 4.82. The molecule has 3 nitrogen and oxygen atoms in total. The number of benzene rings is 1. The van der Waals surface area contributed by atoms with Crippen molar-refractivity contribution >= 4 is 11.0 Å². The average Bonchev–Trinajstić information content (AvgIpc) is 2.89. The van der Waals surface area contributed by atoms with Crippen LogP contribution in [0.25, 0.3) is 11.0 Å². The zero-order chi connectivity index (χ0) is 14.7. The lowest BCUT2D eigenvalue weighted by molar-refractivity contribution is 0.209. The van der Waals surface area contributed by atoms with E-state index in [1.165, 1.54) is 23.8 Å². The van der Waals surface area contributed by atoms with Gasteiger partial charge in [0.1, 0.15) is 11.3 Å². The first-order valence-electron chi connectivity index (χ1n) is 7.78. The number of likely N-dealkylation sites (tertiary alicyclic amines) is 1. The van der Waals surface area contributed by atoms with Crippen LogP contribution in [0.15, 0.2) is 46.9 Å². The number of para-hydroxylation sites is 1. The van der Waals surface area contributed by atoms with E-state index in [0.717, 1.165) is 37.5 Å². The molecule has 112 valence electrons. The van der Waals surface area contributed by atoms with Gasteiger partial charge in [-0.25, -0.2) is 0 Å². The molecule has 2 aromatic rings. The van der Waals surface area contributed by atoms with Crippen molar-refractivity contribution in [3.05, 3.63) is 48.2 Å². The summed E-state index contributed by atoms with van der Waals surface area (Å²) in [6, 6.07) is 10.9. The first-order chi connectivity index (χ1) is 10.2. The molecule has 1 saturated heterocycles. The van der Waals surface area contributed by atoms with Crippen LogP contribution in [-0.4, -0.2) is 30.6 Å². The average molecular weight is 284 g/mol. The molecule has 0 spiro atoms. The van der Waals surface area contributed by atoms with Crippen LogP contribution in [-0.2, 0) is 6.54 Å². The van der Waals surface area contributed by atoms with E-state index in [-0.39, 0.29) is 0 Å². The number of rotatable bonds is 5. The van der Waals surface area contributed by atoms with E-state index in [4.69, 9.17) is 4.42 Å². The molecule has 0 radical (unpaired) electrons. The SMILES string of the molecule is C=C(C)CN1CCC(NCc2cc3ccccc3o2)CC1. The number of fused-ring (bicyclic) bond motifs is 1. The molecule has 0 bridgehead atoms. The highest BCUT2D eigenvalue weighted by Gasteiger charge is 2.18. The third kappa shape index (κ3) is 3.74. The maximum atomic E-state index is 5.85. The van der Waals surface area contributed by atoms with E-state index in [1.807, 2.05) is 18.2 Å². The highest BCUT2D eigenvalue weighted by Crippen LogP contribution is 2.19. The third-order valence-corrected chi connectivity index (χ3v) is 4.12. The summed E-state index contributed by atoms with van der Waals surface area (Å²) in [4.78, 5) is 2.49. The molecular weight excluding hydrogens is 260 g/mol. The smallest absolute Gasteiger partial charge is 0.134 e. The van der Waals surface area contributed by atoms with Crippen molar-refractivity contribution < 1.29 is 4.42 Å². The van der Waals surface area contributed by atoms with Crippen LogP contribution in [0.1, 0.15) is 25.5 Å². The monoisotopic (exact) mass is 284 g/mol. The summed E-state index contributed by atoms with van der Waals surface area (Å²) >= 11 is 0. The number of hydrogen-bond acceptors (Lipinski definition) is 3. The molecule has 0 unspecified atom stereocenters. The fourth-order valence-electron chi connectivity index (χ4n) is 3.05. The minimum Gasteiger partial charge on any atom is -0.460 e. The Balaban J connectivity index is 1.49. The third-order valence-electron chi connectivity index (χ3n) is 4.12. The van der Waals surface area contributed by atoms with E-state index < -0.39 is 0 Å². The summed E-state index contributed by atoms with van der Waals surface area (Å²) in [5.74, 6) is 1.03. The molecule has 0 atom stereocenters. The van der Waals surface area contributed by atoms with Gasteiger partial charge < -0.3 is 9.73 Å². The number of nitrogens with zero attached hydrogens (tertiary/aromatic N) is 1. The molecule has 1 aromatic heterocycles. The molecule has 1 fully saturated rings. The normalized spacial score (nSPS) is 17.4. The molecule has 1 aliphatic heterocycles. The van der Waals surface area contributed by atoms with Crippen molar-refractivity contribution in [2.24, 2.45) is 0 Å². The lowest BCUT2D eigenvalue weighted by Gasteiger charge is -2.32. The van der Waals surface area contributed by atoms with E-state index in [9.17, 15) is 0 Å². The Morgan fingerprint density at radius 2 is 2.10 bits per heavy atom. The summed E-state index contributed by atoms with van der Waals surface area (Å²) in [6.07, 6.45) is 2.40. The fourth-order valence-corrected chi connectivity index (χ4v) is 3.05. The van der Waals surface area contributed by atoms with Crippen molar-refractivity contribution in [1.82, 2.24) is 10.2 Å². The fraction of sp³-hybridized carbons (Fsp3) is 0.444. The van der Waals surface area contributed by atoms with Crippen LogP contribution in [0, 0.1) is 0 Å². The minimum absolute atomic E-state index is 0.597. The van der Waals surface area contributed by atoms with Crippen LogP contribution in [0.2, 0.25) is 0 Å². The summed E-state index contributed by atoms with van der Waals surface area (Å²) < 4.78 is 5.85. The Morgan fingerprint density at radius 1 is 1.33 bits per heavy atom. The molecule has 1 N–H and O–H groups in total. The first kappa shape index (κ1) is 14.4. The molecule has 0 aliphatic carbocycles. The van der Waals surface area contributed by atoms with Gasteiger partial charge >= 0.3 is 0 Å². The van der Waals surface area contributed by atoms with Gasteiger partial charge in [-0.1, -0.05) is 30.4 Å². The molecule has 0 saturated carbocycles. The Hall–Kier alpha value is -1.58. The highest BCUT2D eigenvalue weighted by molar-refractivity contribution is 5.77. The maximum Gasteiger partial charge on any atom is 0.134 e. The van der Waals surface area contributed by atoms with Crippen LogP contribution >= 0.6 is 0 Å². The molecule has 3 heteroatoms. The molecule has 21 heavy (non-hydrogen) atoms. The molecular formula is C18H24N2O. The van der Waals surface area contributed by atoms with E-state index in [0.29, 0.717) is 6.04 Å². The van der Waals surface area contributed by atoms with Crippen LogP contribution in [0.3, 0.4) is 0 Å². The van der Waals surface area contributed by atoms with Gasteiger partial charge in [0, 0.05) is 18.0 Å². The number of hydrogen-bond donors (Lipinski definition) is 1. The van der Waals surface area contributed by atoms with Crippen LogP contribution < -0.4 is 5.32 Å². The van der Waals surface area contributed by atoms with E-state index >= 15 is 0 Å². The maximum absolute atomic E-state index is 5.85. The van der Waals surface area contributed by atoms with Gasteiger partial charge in [-0.15, -0.1) is 0 Å². The van der Waals surface area contributed by atoms with Gasteiger partial charge in [-0.05, 0) is 45.0 Å². The van der Waals surface area contributed by atoms with E-state index in [1.54, 1.807) is 0 Å². The zero-order valence-electron chi connectivity index (χ0n) is 12.8. The summed E-state index contributed by atoms with van der Waals surface area (Å²) in [5.41, 5.74) is 2.23. The Morgan fingerprint density at radius 3 is 2.81 bits per heavy atom. The molecule has 2 heterocycles. The Bertz CT molecular complexity index is 575. The minimum atomic E-state index is 0.597. The second kappa shape index (κ2) is 6.46. The van der Waals surface area contributed by atoms with Crippen LogP contribution in [0.4, 0.5) is 0 Å². The van der Waals surface area contributed by atoms with Gasteiger partial charge in [-0.2, -0.15) is 0 Å². The quantitative estimate of drug-likeness (QED) is 0.851. The van der Waals surface area contributed by atoms with Gasteiger partial charge in [0.25, 0.3) is 0 Å². The van der Waals surface area contributed by atoms with Gasteiger partial charge in [-0.3, -0.25) is 4.90 Å². The number of piperidine rings is 1. The molecule has 1 aromatic carbocycles. The van der Waals surface area contributed by atoms with Crippen LogP contribution in [0.5, 0.6) is 0 Å². The summed E-state index contributed by atoms with van der Waals surface area (Å²) in [7, 11) is 0. The van der Waals surface area contributed by atoms with Gasteiger partial charge in [0.05, 0.1) is 6.54 Å². The Kier molecular flexibility index (Phi) is 4.42. The van der Waals surface area contributed by atoms with Gasteiger partial charge in [0.2, 0.25) is 0 Å². The second-order valence-corrected chi connectivity index (χ2v) is 6.14. The lowest BCUT2D eigenvalue weighted by Crippen LogP contribution is -2.42. The predicted octanol–water partition coefficient (Wildman–Crippen LogP) is 3.56. The standard InChI is InChI=1S/C18H24N2O/c1-14(2)13-20-9-7-16(8-10-20)19-12-17-11-15-5-3-4-6-18(15)21-17/h3-6,11,16,19H,1,7-10,12-13H2,2H3. The van der Waals surface area contributed by atoms with E-state index in [2.05, 4.69) is 35.9 Å². The number of furan rings is 1. The molecule has 3 rings (SSSR count). The topological polar surface area (TPSA) is 28.4 Å². The predicted molar refractivity (Wildman–Crippen MR) is 87.3 cm³/mol. The summed E-state index contributed by atoms with van der Waals surface area (Å²) in [6.45, 7) is 10.3. The lowest BCUT2D eigenvalue weighted by atomic mass is 10.0. The molecule has 1 aliphatic rings.